The summed E-state index contributed by atoms with van der Waals surface area (Å²) in [7, 11) is 0. The predicted molar refractivity (Wildman–Crippen MR) is 87.8 cm³/mol. The summed E-state index contributed by atoms with van der Waals surface area (Å²) in [5, 5.41) is 0. The van der Waals surface area contributed by atoms with Gasteiger partial charge in [-0.2, -0.15) is 0 Å². The van der Waals surface area contributed by atoms with Crippen molar-refractivity contribution in [2.24, 2.45) is 0 Å². The molecule has 0 N–H and O–H groups in total. The summed E-state index contributed by atoms with van der Waals surface area (Å²) in [6.07, 6.45) is 0.155. The van der Waals surface area contributed by atoms with Crippen LogP contribution in [0.4, 0.5) is 0 Å². The summed E-state index contributed by atoms with van der Waals surface area (Å²) in [5.74, 6) is 1.71. The molecule has 0 radical (unpaired) electrons. The number of hydrogen-bond acceptors (Lipinski definition) is 4. The zero-order valence-electron chi connectivity index (χ0n) is 13.1. The van der Waals surface area contributed by atoms with Gasteiger partial charge in [-0.1, -0.05) is 36.4 Å². The summed E-state index contributed by atoms with van der Waals surface area (Å²) in [6.45, 7) is 4.81. The van der Waals surface area contributed by atoms with E-state index < -0.39 is 0 Å². The number of rotatable bonds is 3. The molecule has 1 saturated heterocycles. The van der Waals surface area contributed by atoms with Crippen molar-refractivity contribution in [1.29, 1.82) is 0 Å². The van der Waals surface area contributed by atoms with Gasteiger partial charge in [0.25, 0.3) is 0 Å². The van der Waals surface area contributed by atoms with Crippen molar-refractivity contribution in [2.45, 2.75) is 12.6 Å². The standard InChI is InChI=1S/C19H21NO3/c1-2-4-16(5-3-1)19-14-20(8-9-21-19)13-15-6-7-17-18(12-15)23-11-10-22-17/h1-7,12,19H,8-11,13-14H2. The number of morpholine rings is 1. The number of nitrogens with zero attached hydrogens (tertiary/aromatic N) is 1. The predicted octanol–water partition coefficient (Wildman–Crippen LogP) is 3.03. The Balaban J connectivity index is 1.44. The molecule has 2 aliphatic rings. The highest BCUT2D eigenvalue weighted by molar-refractivity contribution is 5.43. The molecule has 0 bridgehead atoms. The molecule has 0 aromatic heterocycles. The van der Waals surface area contributed by atoms with E-state index in [2.05, 4.69) is 41.3 Å². The Labute approximate surface area is 136 Å². The van der Waals surface area contributed by atoms with Crippen LogP contribution in [0.5, 0.6) is 11.5 Å². The third-order valence-electron chi connectivity index (χ3n) is 4.33. The second-order valence-corrected chi connectivity index (χ2v) is 5.98. The van der Waals surface area contributed by atoms with Gasteiger partial charge in [0.05, 0.1) is 12.7 Å². The van der Waals surface area contributed by atoms with Gasteiger partial charge in [0, 0.05) is 19.6 Å². The van der Waals surface area contributed by atoms with Crippen LogP contribution in [0.25, 0.3) is 0 Å². The van der Waals surface area contributed by atoms with Crippen LogP contribution in [0.3, 0.4) is 0 Å². The van der Waals surface area contributed by atoms with Crippen molar-refractivity contribution >= 4 is 0 Å². The lowest BCUT2D eigenvalue weighted by molar-refractivity contribution is -0.0329. The zero-order chi connectivity index (χ0) is 15.5. The van der Waals surface area contributed by atoms with Gasteiger partial charge in [0.1, 0.15) is 13.2 Å². The van der Waals surface area contributed by atoms with Gasteiger partial charge in [-0.05, 0) is 23.3 Å². The average Bonchev–Trinajstić information content (AvgIpc) is 2.63. The molecule has 0 saturated carbocycles. The zero-order valence-corrected chi connectivity index (χ0v) is 13.1. The Morgan fingerprint density at radius 2 is 1.74 bits per heavy atom. The van der Waals surface area contributed by atoms with Gasteiger partial charge in [-0.25, -0.2) is 0 Å². The summed E-state index contributed by atoms with van der Waals surface area (Å²) in [5.41, 5.74) is 2.50. The van der Waals surface area contributed by atoms with Gasteiger partial charge in [0.15, 0.2) is 11.5 Å². The largest absolute Gasteiger partial charge is 0.486 e. The van der Waals surface area contributed by atoms with Gasteiger partial charge < -0.3 is 14.2 Å². The first-order chi connectivity index (χ1) is 11.4. The van der Waals surface area contributed by atoms with Crippen LogP contribution in [0.1, 0.15) is 17.2 Å². The van der Waals surface area contributed by atoms with Crippen LogP contribution in [-0.4, -0.2) is 37.8 Å². The number of ether oxygens (including phenoxy) is 3. The minimum absolute atomic E-state index is 0.155. The normalized spacial score (nSPS) is 21.1. The smallest absolute Gasteiger partial charge is 0.161 e. The van der Waals surface area contributed by atoms with E-state index >= 15 is 0 Å². The van der Waals surface area contributed by atoms with Crippen molar-refractivity contribution in [1.82, 2.24) is 4.90 Å². The molecule has 1 fully saturated rings. The van der Waals surface area contributed by atoms with Gasteiger partial charge in [-0.15, -0.1) is 0 Å². The molecule has 1 atom stereocenters. The molecule has 2 aliphatic heterocycles. The molecule has 4 nitrogen and oxygen atoms in total. The van der Waals surface area contributed by atoms with Crippen molar-refractivity contribution in [3.63, 3.8) is 0 Å². The molecular formula is C19H21NO3. The molecular weight excluding hydrogens is 290 g/mol. The molecule has 0 amide bonds. The lowest BCUT2D eigenvalue weighted by Gasteiger charge is -2.33. The van der Waals surface area contributed by atoms with E-state index in [1.165, 1.54) is 11.1 Å². The van der Waals surface area contributed by atoms with Crippen molar-refractivity contribution in [3.8, 4) is 11.5 Å². The lowest BCUT2D eigenvalue weighted by Crippen LogP contribution is -2.37. The molecule has 2 heterocycles. The maximum atomic E-state index is 5.94. The minimum atomic E-state index is 0.155. The van der Waals surface area contributed by atoms with E-state index in [1.807, 2.05) is 12.1 Å². The van der Waals surface area contributed by atoms with Crippen molar-refractivity contribution < 1.29 is 14.2 Å². The molecule has 2 aromatic rings. The minimum Gasteiger partial charge on any atom is -0.486 e. The number of fused-ring (bicyclic) bond motifs is 1. The highest BCUT2D eigenvalue weighted by Gasteiger charge is 2.22. The highest BCUT2D eigenvalue weighted by atomic mass is 16.6. The maximum absolute atomic E-state index is 5.94. The van der Waals surface area contributed by atoms with Crippen LogP contribution in [-0.2, 0) is 11.3 Å². The summed E-state index contributed by atoms with van der Waals surface area (Å²) >= 11 is 0. The second-order valence-electron chi connectivity index (χ2n) is 5.98. The Kier molecular flexibility index (Phi) is 4.18. The number of hydrogen-bond donors (Lipinski definition) is 0. The van der Waals surface area contributed by atoms with E-state index in [9.17, 15) is 0 Å². The third-order valence-corrected chi connectivity index (χ3v) is 4.33. The van der Waals surface area contributed by atoms with Crippen molar-refractivity contribution in [3.05, 3.63) is 59.7 Å². The van der Waals surface area contributed by atoms with E-state index in [0.717, 1.165) is 37.7 Å². The quantitative estimate of drug-likeness (QED) is 0.872. The molecule has 2 aromatic carbocycles. The highest BCUT2D eigenvalue weighted by Crippen LogP contribution is 2.31. The molecule has 1 unspecified atom stereocenters. The van der Waals surface area contributed by atoms with Crippen LogP contribution < -0.4 is 9.47 Å². The molecule has 0 aliphatic carbocycles. The fourth-order valence-corrected chi connectivity index (χ4v) is 3.16. The molecule has 4 rings (SSSR count). The Morgan fingerprint density at radius 1 is 0.913 bits per heavy atom. The van der Waals surface area contributed by atoms with Crippen LogP contribution in [0.15, 0.2) is 48.5 Å². The van der Waals surface area contributed by atoms with Crippen LogP contribution >= 0.6 is 0 Å². The SMILES string of the molecule is c1ccc(C2CN(Cc3ccc4c(c3)OCCO4)CCO2)cc1. The van der Waals surface area contributed by atoms with Crippen LogP contribution in [0.2, 0.25) is 0 Å². The topological polar surface area (TPSA) is 30.9 Å². The summed E-state index contributed by atoms with van der Waals surface area (Å²) in [4.78, 5) is 2.44. The van der Waals surface area contributed by atoms with Gasteiger partial charge in [0.2, 0.25) is 0 Å². The fourth-order valence-electron chi connectivity index (χ4n) is 3.16. The Morgan fingerprint density at radius 3 is 2.61 bits per heavy atom. The molecule has 120 valence electrons. The Hall–Kier alpha value is -2.04. The molecule has 0 spiro atoms. The number of benzene rings is 2. The summed E-state index contributed by atoms with van der Waals surface area (Å²) in [6, 6.07) is 16.7. The van der Waals surface area contributed by atoms with E-state index in [0.29, 0.717) is 13.2 Å². The van der Waals surface area contributed by atoms with Gasteiger partial charge in [-0.3, -0.25) is 4.90 Å². The van der Waals surface area contributed by atoms with Gasteiger partial charge >= 0.3 is 0 Å². The monoisotopic (exact) mass is 311 g/mol. The molecule has 4 heteroatoms. The maximum Gasteiger partial charge on any atom is 0.161 e. The van der Waals surface area contributed by atoms with E-state index in [-0.39, 0.29) is 6.10 Å². The lowest BCUT2D eigenvalue weighted by atomic mass is 10.1. The van der Waals surface area contributed by atoms with Crippen molar-refractivity contribution in [2.75, 3.05) is 32.9 Å². The Bertz CT molecular complexity index is 659. The molecule has 23 heavy (non-hydrogen) atoms. The van der Waals surface area contributed by atoms with E-state index in [4.69, 9.17) is 14.2 Å². The van der Waals surface area contributed by atoms with Crippen LogP contribution in [0, 0.1) is 0 Å². The first-order valence-corrected chi connectivity index (χ1v) is 8.16. The first kappa shape index (κ1) is 14.5. The second kappa shape index (κ2) is 6.60. The van der Waals surface area contributed by atoms with E-state index in [1.54, 1.807) is 0 Å². The summed E-state index contributed by atoms with van der Waals surface area (Å²) < 4.78 is 17.2. The third kappa shape index (κ3) is 3.33. The average molecular weight is 311 g/mol. The fraction of sp³-hybridized carbons (Fsp3) is 0.368. The first-order valence-electron chi connectivity index (χ1n) is 8.16.